The van der Waals surface area contributed by atoms with Crippen molar-refractivity contribution in [1.82, 2.24) is 4.57 Å². The van der Waals surface area contributed by atoms with Gasteiger partial charge in [-0.3, -0.25) is 4.79 Å². The Morgan fingerprint density at radius 2 is 1.86 bits per heavy atom. The first-order valence-electron chi connectivity index (χ1n) is 9.46. The molecule has 0 saturated carbocycles. The summed E-state index contributed by atoms with van der Waals surface area (Å²) in [7, 11) is 0. The van der Waals surface area contributed by atoms with Gasteiger partial charge in [0.25, 0.3) is 5.91 Å². The van der Waals surface area contributed by atoms with Crippen LogP contribution in [-0.4, -0.2) is 23.6 Å². The molecule has 4 nitrogen and oxygen atoms in total. The molecule has 3 aromatic rings. The Balaban J connectivity index is 2.04. The predicted octanol–water partition coefficient (Wildman–Crippen LogP) is 4.54. The molecule has 1 heterocycles. The number of amides is 1. The first-order valence-corrected chi connectivity index (χ1v) is 10.3. The van der Waals surface area contributed by atoms with Crippen molar-refractivity contribution in [2.75, 3.05) is 18.0 Å². The van der Waals surface area contributed by atoms with Gasteiger partial charge in [0, 0.05) is 24.3 Å². The van der Waals surface area contributed by atoms with E-state index in [1.807, 2.05) is 28.8 Å². The number of carbonyl (C=O) groups excluding carboxylic acids is 1. The van der Waals surface area contributed by atoms with Crippen molar-refractivity contribution in [2.24, 2.45) is 4.99 Å². The molecule has 0 saturated heterocycles. The summed E-state index contributed by atoms with van der Waals surface area (Å²) in [4.78, 5) is 20.1. The minimum atomic E-state index is -0.252. The fourth-order valence-electron chi connectivity index (χ4n) is 3.40. The highest BCUT2D eigenvalue weighted by atomic mass is 32.1. The molecule has 0 fully saturated rings. The molecule has 0 spiro atoms. The minimum absolute atomic E-state index is 0.252. The van der Waals surface area contributed by atoms with E-state index in [0.29, 0.717) is 16.9 Å². The van der Waals surface area contributed by atoms with Crippen molar-refractivity contribution < 1.29 is 4.79 Å². The number of rotatable bonds is 5. The topological polar surface area (TPSA) is 37.6 Å². The van der Waals surface area contributed by atoms with Gasteiger partial charge in [-0.15, -0.1) is 6.42 Å². The van der Waals surface area contributed by atoms with Crippen molar-refractivity contribution in [3.8, 4) is 12.3 Å². The second-order valence-corrected chi connectivity index (χ2v) is 7.72. The van der Waals surface area contributed by atoms with Gasteiger partial charge in [0.2, 0.25) is 0 Å². The van der Waals surface area contributed by atoms with Crippen molar-refractivity contribution in [2.45, 2.75) is 34.2 Å². The first-order chi connectivity index (χ1) is 13.5. The number of hydrogen-bond acceptors (Lipinski definition) is 3. The molecule has 28 heavy (non-hydrogen) atoms. The summed E-state index contributed by atoms with van der Waals surface area (Å²) in [5.41, 5.74) is 5.05. The number of benzene rings is 2. The van der Waals surface area contributed by atoms with Crippen molar-refractivity contribution in [3.63, 3.8) is 0 Å². The molecule has 1 amide bonds. The monoisotopic (exact) mass is 391 g/mol. The predicted molar refractivity (Wildman–Crippen MR) is 118 cm³/mol. The van der Waals surface area contributed by atoms with Crippen LogP contribution in [0.3, 0.4) is 0 Å². The number of anilines is 1. The van der Waals surface area contributed by atoms with Gasteiger partial charge in [-0.2, -0.15) is 4.99 Å². The lowest BCUT2D eigenvalue weighted by atomic mass is 10.1. The van der Waals surface area contributed by atoms with Crippen LogP contribution in [0.15, 0.2) is 41.4 Å². The molecule has 1 aromatic heterocycles. The summed E-state index contributed by atoms with van der Waals surface area (Å²) in [6, 6.07) is 11.9. The quantitative estimate of drug-likeness (QED) is 0.599. The zero-order chi connectivity index (χ0) is 20.3. The van der Waals surface area contributed by atoms with Crippen molar-refractivity contribution in [3.05, 3.63) is 57.9 Å². The Kier molecular flexibility index (Phi) is 6.01. The number of aromatic nitrogens is 1. The Morgan fingerprint density at radius 3 is 2.46 bits per heavy atom. The molecular weight excluding hydrogens is 366 g/mol. The number of terminal acetylenes is 1. The Labute approximate surface area is 170 Å². The van der Waals surface area contributed by atoms with E-state index < -0.39 is 0 Å². The zero-order valence-electron chi connectivity index (χ0n) is 16.8. The van der Waals surface area contributed by atoms with Gasteiger partial charge >= 0.3 is 0 Å². The number of thiazole rings is 1. The average molecular weight is 392 g/mol. The van der Waals surface area contributed by atoms with Crippen LogP contribution in [0.5, 0.6) is 0 Å². The van der Waals surface area contributed by atoms with E-state index in [9.17, 15) is 4.79 Å². The maximum absolute atomic E-state index is 12.8. The van der Waals surface area contributed by atoms with Crippen molar-refractivity contribution in [1.29, 1.82) is 0 Å². The summed E-state index contributed by atoms with van der Waals surface area (Å²) >= 11 is 1.51. The molecule has 3 rings (SSSR count). The van der Waals surface area contributed by atoms with Crippen LogP contribution >= 0.6 is 11.3 Å². The molecule has 0 unspecified atom stereocenters. The highest BCUT2D eigenvalue weighted by molar-refractivity contribution is 7.16. The maximum Gasteiger partial charge on any atom is 0.279 e. The highest BCUT2D eigenvalue weighted by Crippen LogP contribution is 2.23. The fraction of sp³-hybridized carbons (Fsp3) is 0.304. The van der Waals surface area contributed by atoms with Crippen LogP contribution in [-0.2, 0) is 6.54 Å². The van der Waals surface area contributed by atoms with E-state index in [-0.39, 0.29) is 5.91 Å². The number of nitrogens with zero attached hydrogens (tertiary/aromatic N) is 3. The van der Waals surface area contributed by atoms with Crippen LogP contribution in [0.2, 0.25) is 0 Å². The van der Waals surface area contributed by atoms with Crippen LogP contribution in [0.25, 0.3) is 10.2 Å². The van der Waals surface area contributed by atoms with E-state index in [1.165, 1.54) is 22.5 Å². The largest absolute Gasteiger partial charge is 0.372 e. The lowest BCUT2D eigenvalue weighted by molar-refractivity contribution is 0.0998. The standard InChI is InChI=1S/C23H25N3OS/c1-6-13-26-20-15-16(4)14-17(5)21(20)28-23(26)24-22(27)18-9-11-19(12-10-18)25(7-2)8-3/h1,9-12,14-15H,7-8,13H2,2-5H3. The van der Waals surface area contributed by atoms with E-state index in [1.54, 1.807) is 0 Å². The van der Waals surface area contributed by atoms with Gasteiger partial charge in [-0.25, -0.2) is 0 Å². The molecular formula is C23H25N3OS. The Bertz CT molecular complexity index is 1110. The minimum Gasteiger partial charge on any atom is -0.372 e. The average Bonchev–Trinajstić information content (AvgIpc) is 3.01. The number of hydrogen-bond donors (Lipinski definition) is 0. The summed E-state index contributed by atoms with van der Waals surface area (Å²) in [5.74, 6) is 2.43. The van der Waals surface area contributed by atoms with Crippen LogP contribution in [0, 0.1) is 26.2 Å². The molecule has 2 aromatic carbocycles. The smallest absolute Gasteiger partial charge is 0.279 e. The highest BCUT2D eigenvalue weighted by Gasteiger charge is 2.11. The van der Waals surface area contributed by atoms with Crippen LogP contribution in [0.1, 0.15) is 35.3 Å². The third-order valence-corrected chi connectivity index (χ3v) is 6.03. The van der Waals surface area contributed by atoms with Gasteiger partial charge in [0.1, 0.15) is 0 Å². The van der Waals surface area contributed by atoms with E-state index in [4.69, 9.17) is 6.42 Å². The number of carbonyl (C=O) groups is 1. The fourth-order valence-corrected chi connectivity index (χ4v) is 4.47. The lowest BCUT2D eigenvalue weighted by Gasteiger charge is -2.20. The van der Waals surface area contributed by atoms with Crippen LogP contribution in [0.4, 0.5) is 5.69 Å². The molecule has 144 valence electrons. The molecule has 0 atom stereocenters. The third-order valence-electron chi connectivity index (χ3n) is 4.80. The summed E-state index contributed by atoms with van der Waals surface area (Å²) in [6.07, 6.45) is 5.57. The molecule has 0 bridgehead atoms. The lowest BCUT2D eigenvalue weighted by Crippen LogP contribution is -2.21. The molecule has 5 heteroatoms. The van der Waals surface area contributed by atoms with Crippen LogP contribution < -0.4 is 9.70 Å². The SMILES string of the molecule is C#CCn1c(=NC(=O)c2ccc(N(CC)CC)cc2)sc2c(C)cc(C)cc21. The third kappa shape index (κ3) is 3.88. The molecule has 0 radical (unpaired) electrons. The maximum atomic E-state index is 12.8. The number of aryl methyl sites for hydroxylation is 2. The molecule has 0 aliphatic heterocycles. The second kappa shape index (κ2) is 8.45. The van der Waals surface area contributed by atoms with Gasteiger partial charge in [0.15, 0.2) is 4.80 Å². The second-order valence-electron chi connectivity index (χ2n) is 6.74. The van der Waals surface area contributed by atoms with Gasteiger partial charge in [0.05, 0.1) is 16.8 Å². The van der Waals surface area contributed by atoms with E-state index in [2.05, 4.69) is 55.6 Å². The Hall–Kier alpha value is -2.84. The van der Waals surface area contributed by atoms with Gasteiger partial charge in [-0.05, 0) is 69.2 Å². The molecule has 0 aliphatic carbocycles. The van der Waals surface area contributed by atoms with Gasteiger partial charge < -0.3 is 9.47 Å². The first kappa shape index (κ1) is 19.9. The van der Waals surface area contributed by atoms with E-state index >= 15 is 0 Å². The summed E-state index contributed by atoms with van der Waals surface area (Å²) < 4.78 is 3.06. The van der Waals surface area contributed by atoms with Crippen molar-refractivity contribution >= 4 is 33.1 Å². The molecule has 0 N–H and O–H groups in total. The molecule has 0 aliphatic rings. The summed E-state index contributed by atoms with van der Waals surface area (Å²) in [5, 5.41) is 0. The van der Waals surface area contributed by atoms with E-state index in [0.717, 1.165) is 29.0 Å². The normalized spacial score (nSPS) is 11.6. The zero-order valence-corrected chi connectivity index (χ0v) is 17.6. The summed E-state index contributed by atoms with van der Waals surface area (Å²) in [6.45, 7) is 10.6. The Morgan fingerprint density at radius 1 is 1.18 bits per heavy atom. The van der Waals surface area contributed by atoms with Gasteiger partial charge in [-0.1, -0.05) is 23.3 Å². The number of fused-ring (bicyclic) bond motifs is 1.